The molecule has 0 heterocycles. The number of nitrogen functional groups attached to an aromatic ring is 1. The van der Waals surface area contributed by atoms with Crippen molar-refractivity contribution in [3.63, 3.8) is 0 Å². The van der Waals surface area contributed by atoms with Crippen LogP contribution in [0, 0.1) is 27.9 Å². The van der Waals surface area contributed by atoms with Gasteiger partial charge in [0.25, 0.3) is 0 Å². The summed E-state index contributed by atoms with van der Waals surface area (Å²) in [4.78, 5) is 0. The van der Waals surface area contributed by atoms with E-state index in [-0.39, 0.29) is 17.2 Å². The fourth-order valence-corrected chi connectivity index (χ4v) is 9.89. The van der Waals surface area contributed by atoms with Crippen LogP contribution in [-0.4, -0.2) is 0 Å². The van der Waals surface area contributed by atoms with Crippen molar-refractivity contribution in [3.8, 4) is 0 Å². The first-order valence-corrected chi connectivity index (χ1v) is 12.3. The molecule has 0 unspecified atom stereocenters. The van der Waals surface area contributed by atoms with E-state index in [1.54, 1.807) is 3.57 Å². The van der Waals surface area contributed by atoms with Gasteiger partial charge in [-0.1, -0.05) is 0 Å². The van der Waals surface area contributed by atoms with Crippen LogP contribution in [0.1, 0.15) is 16.7 Å². The van der Waals surface area contributed by atoms with E-state index in [2.05, 4.69) is 62.0 Å². The quantitative estimate of drug-likeness (QED) is 0.427. The van der Waals surface area contributed by atoms with Gasteiger partial charge in [0.2, 0.25) is 0 Å². The summed E-state index contributed by atoms with van der Waals surface area (Å²) in [6.45, 7) is 6.41. The molecule has 0 aromatic heterocycles. The van der Waals surface area contributed by atoms with Crippen molar-refractivity contribution in [3.05, 3.63) is 23.8 Å². The second kappa shape index (κ2) is 4.82. The average molecular weight is 514 g/mol. The van der Waals surface area contributed by atoms with Crippen molar-refractivity contribution >= 4 is 46.9 Å². The Morgan fingerprint density at radius 2 is 1.62 bits per heavy atom. The normalized spacial score (nSPS) is 10.8. The second-order valence-corrected chi connectivity index (χ2v) is 8.29. The van der Waals surface area contributed by atoms with E-state index in [9.17, 15) is 0 Å². The summed E-state index contributed by atoms with van der Waals surface area (Å²) >= 11 is 5.06. The zero-order valence-corrected chi connectivity index (χ0v) is 14.2. The van der Waals surface area contributed by atoms with Gasteiger partial charge in [0.15, 0.2) is 0 Å². The molecule has 74 valence electrons. The molecule has 0 saturated carbocycles. The van der Waals surface area contributed by atoms with Crippen LogP contribution >= 0.6 is 41.2 Å². The number of hydrogen-bond donors (Lipinski definition) is 1. The number of anilines is 1. The maximum absolute atomic E-state index is 6.01. The molecule has 4 heteroatoms. The molecule has 0 aliphatic heterocycles. The van der Waals surface area contributed by atoms with Crippen molar-refractivity contribution in [2.45, 2.75) is 20.8 Å². The van der Waals surface area contributed by atoms with E-state index in [0.29, 0.717) is 0 Å². The van der Waals surface area contributed by atoms with Gasteiger partial charge >= 0.3 is 114 Å². The third-order valence-electron chi connectivity index (χ3n) is 2.29. The number of halogens is 3. The van der Waals surface area contributed by atoms with Gasteiger partial charge in [-0.2, -0.15) is 0 Å². The molecule has 0 spiro atoms. The van der Waals surface area contributed by atoms with Gasteiger partial charge in [-0.3, -0.25) is 0 Å². The summed E-state index contributed by atoms with van der Waals surface area (Å²) in [5.74, 6) is 0. The fraction of sp³-hybridized carbons (Fsp3) is 0.333. The maximum atomic E-state index is 6.01. The van der Waals surface area contributed by atoms with Crippen LogP contribution in [0.5, 0.6) is 0 Å². The predicted molar refractivity (Wildman–Crippen MR) is 70.5 cm³/mol. The Morgan fingerprint density at radius 1 is 1.08 bits per heavy atom. The summed E-state index contributed by atoms with van der Waals surface area (Å²) < 4.78 is 2.92. The zero-order chi connectivity index (χ0) is 10.2. The molecule has 2 N–H and O–H groups in total. The minimum absolute atomic E-state index is 0.127. The van der Waals surface area contributed by atoms with Crippen LogP contribution in [-0.2, 0) is 0 Å². The van der Waals surface area contributed by atoms with E-state index < -0.39 is 0 Å². The predicted octanol–water partition coefficient (Wildman–Crippen LogP) is 0.407. The van der Waals surface area contributed by atoms with E-state index >= 15 is 0 Å². The van der Waals surface area contributed by atoms with Gasteiger partial charge in [0, 0.05) is 0 Å². The van der Waals surface area contributed by atoms with Gasteiger partial charge in [-0.15, -0.1) is 0 Å². The Morgan fingerprint density at radius 3 is 2.08 bits per heavy atom. The summed E-state index contributed by atoms with van der Waals surface area (Å²) in [5.41, 5.74) is 10.9. The Kier molecular flexibility index (Phi) is 4.55. The Bertz CT molecular complexity index is 318. The third-order valence-corrected chi connectivity index (χ3v) is 9.16. The van der Waals surface area contributed by atoms with Crippen LogP contribution in [0.2, 0.25) is 0 Å². The monoisotopic (exact) mass is 514 g/mol. The number of hydrogen-bond acceptors (Lipinski definition) is 1. The van der Waals surface area contributed by atoms with E-state index in [1.807, 2.05) is 0 Å². The number of nitrogens with two attached hydrogens (primary N) is 1. The van der Waals surface area contributed by atoms with Crippen molar-refractivity contribution < 1.29 is 17.2 Å². The number of benzene rings is 1. The van der Waals surface area contributed by atoms with Crippen molar-refractivity contribution in [2.24, 2.45) is 0 Å². The first-order chi connectivity index (χ1) is 6.00. The fourth-order valence-electron chi connectivity index (χ4n) is 1.18. The molecule has 1 aromatic rings. The Labute approximate surface area is 113 Å². The first kappa shape index (κ1) is 12.3. The van der Waals surface area contributed by atoms with E-state index in [0.717, 1.165) is 5.69 Å². The van der Waals surface area contributed by atoms with Gasteiger partial charge in [-0.05, 0) is 0 Å². The summed E-state index contributed by atoms with van der Waals surface area (Å²) in [5, 5.41) is 0. The third kappa shape index (κ3) is 2.24. The zero-order valence-electron chi connectivity index (χ0n) is 7.71. The molecule has 0 bridgehead atoms. The van der Waals surface area contributed by atoms with Crippen molar-refractivity contribution in [1.29, 1.82) is 0 Å². The molecule has 1 rings (SSSR count). The molecular formula is C9H11I3N-. The molecule has 1 nitrogen and oxygen atoms in total. The summed E-state index contributed by atoms with van der Waals surface area (Å²) in [7, 11) is 0. The topological polar surface area (TPSA) is 26.0 Å². The van der Waals surface area contributed by atoms with E-state index in [1.165, 1.54) is 20.3 Å². The van der Waals surface area contributed by atoms with Crippen LogP contribution in [0.3, 0.4) is 0 Å². The van der Waals surface area contributed by atoms with Gasteiger partial charge in [-0.25, -0.2) is 0 Å². The van der Waals surface area contributed by atoms with Gasteiger partial charge < -0.3 is 0 Å². The molecule has 0 radical (unpaired) electrons. The van der Waals surface area contributed by atoms with Gasteiger partial charge in [0.1, 0.15) is 0 Å². The SMILES string of the molecule is Cc1c(C)c([I-]I)c(I)c(C)c1N. The molecular weight excluding hydrogens is 503 g/mol. The molecule has 0 aliphatic rings. The Balaban J connectivity index is 3.56. The standard InChI is InChI=1S/C9H11I3N/c1-4-5(2)9(13)6(3)7(10)8(4)12-11/h13H2,1-3H3/q-1. The Hall–Kier alpha value is 1.21. The molecule has 0 fully saturated rings. The molecule has 0 amide bonds. The molecule has 0 atom stereocenters. The molecule has 1 aromatic carbocycles. The van der Waals surface area contributed by atoms with Gasteiger partial charge in [0.05, 0.1) is 0 Å². The summed E-state index contributed by atoms with van der Waals surface area (Å²) in [6, 6.07) is 0. The van der Waals surface area contributed by atoms with Crippen molar-refractivity contribution in [1.82, 2.24) is 0 Å². The van der Waals surface area contributed by atoms with E-state index in [4.69, 9.17) is 5.73 Å². The number of rotatable bonds is 1. The van der Waals surface area contributed by atoms with Crippen LogP contribution in [0.4, 0.5) is 5.69 Å². The second-order valence-electron chi connectivity index (χ2n) is 2.99. The first-order valence-electron chi connectivity index (χ1n) is 3.81. The van der Waals surface area contributed by atoms with Crippen molar-refractivity contribution in [2.75, 3.05) is 5.73 Å². The average Bonchev–Trinajstić information content (AvgIpc) is 2.13. The van der Waals surface area contributed by atoms with Crippen LogP contribution in [0.15, 0.2) is 0 Å². The summed E-state index contributed by atoms with van der Waals surface area (Å²) in [6.07, 6.45) is 0. The van der Waals surface area contributed by atoms with Crippen LogP contribution < -0.4 is 23.0 Å². The minimum atomic E-state index is 0.127. The van der Waals surface area contributed by atoms with Crippen LogP contribution in [0.25, 0.3) is 0 Å². The molecule has 0 aliphatic carbocycles. The molecule has 13 heavy (non-hydrogen) atoms. The molecule has 0 saturated heterocycles.